The SMILES string of the molecule is CCCCCCCCCCCCCCCCCC(=O)OC[C@H](COP(=O)(O)OCCNC(=O)C(C)(S)OCC(C)C)OC(=O)CCCCCCCCCCCCCCCCC. The maximum atomic E-state index is 12.8. The van der Waals surface area contributed by atoms with Crippen LogP contribution in [0.3, 0.4) is 0 Å². The molecular weight excluding hydrogens is 814 g/mol. The van der Waals surface area contributed by atoms with Crippen LogP contribution in [-0.4, -0.2) is 66.7 Å². The second kappa shape index (κ2) is 41.5. The van der Waals surface area contributed by atoms with Crippen molar-refractivity contribution < 1.29 is 47.1 Å². The minimum atomic E-state index is -4.60. The minimum absolute atomic E-state index is 0.0947. The number of thiol groups is 1. The van der Waals surface area contributed by atoms with Gasteiger partial charge in [0.1, 0.15) is 6.61 Å². The van der Waals surface area contributed by atoms with Crippen molar-refractivity contribution in [3.63, 3.8) is 0 Å². The molecule has 0 aromatic carbocycles. The van der Waals surface area contributed by atoms with Crippen LogP contribution in [0.4, 0.5) is 0 Å². The lowest BCUT2D eigenvalue weighted by Gasteiger charge is -2.24. The van der Waals surface area contributed by atoms with Crippen LogP contribution < -0.4 is 5.32 Å². The van der Waals surface area contributed by atoms with E-state index in [4.69, 9.17) is 23.3 Å². The molecular formula is C48H94NO10PS. The molecule has 3 atom stereocenters. The van der Waals surface area contributed by atoms with Crippen molar-refractivity contribution in [2.45, 2.75) is 251 Å². The molecule has 0 aromatic rings. The first-order valence-electron chi connectivity index (χ1n) is 24.9. The summed E-state index contributed by atoms with van der Waals surface area (Å²) in [6, 6.07) is 0. The predicted molar refractivity (Wildman–Crippen MR) is 253 cm³/mol. The fourth-order valence-corrected chi connectivity index (χ4v) is 7.90. The van der Waals surface area contributed by atoms with Gasteiger partial charge in [0, 0.05) is 19.4 Å². The van der Waals surface area contributed by atoms with Crippen LogP contribution in [0.15, 0.2) is 0 Å². The van der Waals surface area contributed by atoms with Gasteiger partial charge in [-0.3, -0.25) is 23.4 Å². The highest BCUT2D eigenvalue weighted by atomic mass is 32.1. The quantitative estimate of drug-likeness (QED) is 0.0177. The normalized spacial score (nSPS) is 14.1. The maximum absolute atomic E-state index is 12.8. The van der Waals surface area contributed by atoms with Gasteiger partial charge in [0.25, 0.3) is 5.91 Å². The Morgan fingerprint density at radius 2 is 0.951 bits per heavy atom. The first-order valence-corrected chi connectivity index (χ1v) is 26.9. The third-order valence-corrected chi connectivity index (χ3v) is 12.2. The van der Waals surface area contributed by atoms with Gasteiger partial charge in [0.2, 0.25) is 0 Å². The van der Waals surface area contributed by atoms with Gasteiger partial charge in [-0.15, -0.1) is 12.6 Å². The number of hydrogen-bond acceptors (Lipinski definition) is 10. The van der Waals surface area contributed by atoms with E-state index in [1.165, 1.54) is 148 Å². The number of rotatable bonds is 46. The number of nitrogens with one attached hydrogen (secondary N) is 1. The Morgan fingerprint density at radius 3 is 1.34 bits per heavy atom. The van der Waals surface area contributed by atoms with Gasteiger partial charge < -0.3 is 24.4 Å². The predicted octanol–water partition coefficient (Wildman–Crippen LogP) is 13.5. The monoisotopic (exact) mass is 908 g/mol. The molecule has 0 saturated carbocycles. The van der Waals surface area contributed by atoms with Gasteiger partial charge in [-0.05, 0) is 25.7 Å². The molecule has 0 radical (unpaired) electrons. The Bertz CT molecular complexity index is 1090. The lowest BCUT2D eigenvalue weighted by Crippen LogP contribution is -2.44. The largest absolute Gasteiger partial charge is 0.472 e. The van der Waals surface area contributed by atoms with Crippen LogP contribution in [-0.2, 0) is 42.2 Å². The van der Waals surface area contributed by atoms with Gasteiger partial charge in [-0.2, -0.15) is 0 Å². The number of phosphoric acid groups is 1. The molecule has 0 fully saturated rings. The van der Waals surface area contributed by atoms with Crippen LogP contribution >= 0.6 is 20.5 Å². The number of carbonyl (C=O) groups is 3. The first-order chi connectivity index (χ1) is 29.3. The molecule has 0 heterocycles. The first kappa shape index (κ1) is 59.8. The summed E-state index contributed by atoms with van der Waals surface area (Å²) in [5, 5.41) is 2.56. The number of phosphoric ester groups is 1. The number of ether oxygens (including phenoxy) is 3. The number of amides is 1. The molecule has 0 rings (SSSR count). The van der Waals surface area contributed by atoms with E-state index in [-0.39, 0.29) is 38.5 Å². The van der Waals surface area contributed by atoms with Gasteiger partial charge in [0.05, 0.1) is 19.8 Å². The highest BCUT2D eigenvalue weighted by Gasteiger charge is 2.30. The smallest absolute Gasteiger partial charge is 0.462 e. The van der Waals surface area contributed by atoms with E-state index in [0.717, 1.165) is 38.5 Å². The maximum Gasteiger partial charge on any atom is 0.472 e. The number of hydrogen-bond donors (Lipinski definition) is 3. The van der Waals surface area contributed by atoms with E-state index in [1.807, 2.05) is 13.8 Å². The average molecular weight is 908 g/mol. The zero-order valence-electron chi connectivity index (χ0n) is 39.8. The van der Waals surface area contributed by atoms with E-state index >= 15 is 0 Å². The van der Waals surface area contributed by atoms with E-state index in [0.29, 0.717) is 19.4 Å². The molecule has 0 aliphatic carbocycles. The summed E-state index contributed by atoms with van der Waals surface area (Å²) in [7, 11) is -4.60. The third kappa shape index (κ3) is 41.3. The standard InChI is InChI=1S/C48H94NO10PS/c1-6-8-10-12-14-16-18-20-22-24-26-28-30-32-34-36-45(50)55-41-44(42-58-60(53,54)57-39-38-49-47(52)48(5,61)56-40-43(3)4)59-46(51)37-35-33-31-29-27-25-23-21-19-17-15-13-11-9-7-2/h43-44,61H,6-42H2,1-5H3,(H,49,52)(H,53,54)/t44-,48?/m1/s1. The van der Waals surface area contributed by atoms with E-state index in [2.05, 4.69) is 31.8 Å². The van der Waals surface area contributed by atoms with Crippen molar-refractivity contribution in [2.75, 3.05) is 33.0 Å². The lowest BCUT2D eigenvalue weighted by molar-refractivity contribution is -0.161. The Kier molecular flexibility index (Phi) is 40.7. The Balaban J connectivity index is 4.58. The van der Waals surface area contributed by atoms with E-state index in [9.17, 15) is 23.8 Å². The van der Waals surface area contributed by atoms with Crippen molar-refractivity contribution in [3.05, 3.63) is 0 Å². The molecule has 0 bridgehead atoms. The van der Waals surface area contributed by atoms with Crippen molar-refractivity contribution in [1.82, 2.24) is 5.32 Å². The molecule has 61 heavy (non-hydrogen) atoms. The molecule has 2 unspecified atom stereocenters. The van der Waals surface area contributed by atoms with Crippen LogP contribution in [0.2, 0.25) is 0 Å². The zero-order valence-corrected chi connectivity index (χ0v) is 41.6. The molecule has 0 saturated heterocycles. The number of esters is 2. The molecule has 13 heteroatoms. The van der Waals surface area contributed by atoms with Gasteiger partial charge in [-0.1, -0.05) is 207 Å². The van der Waals surface area contributed by atoms with E-state index in [1.54, 1.807) is 0 Å². The van der Waals surface area contributed by atoms with Gasteiger partial charge in [0.15, 0.2) is 11.0 Å². The average Bonchev–Trinajstić information content (AvgIpc) is 3.22. The van der Waals surface area contributed by atoms with Gasteiger partial charge in [-0.25, -0.2) is 4.57 Å². The molecule has 0 aliphatic heterocycles. The van der Waals surface area contributed by atoms with Crippen LogP contribution in [0.5, 0.6) is 0 Å². The zero-order chi connectivity index (χ0) is 45.3. The van der Waals surface area contributed by atoms with Crippen molar-refractivity contribution in [1.29, 1.82) is 0 Å². The summed E-state index contributed by atoms with van der Waals surface area (Å²) in [5.74, 6) is -1.20. The van der Waals surface area contributed by atoms with Crippen molar-refractivity contribution in [2.24, 2.45) is 5.92 Å². The minimum Gasteiger partial charge on any atom is -0.462 e. The lowest BCUT2D eigenvalue weighted by atomic mass is 10.0. The number of unbranched alkanes of at least 4 members (excludes halogenated alkanes) is 28. The molecule has 1 amide bonds. The molecule has 2 N–H and O–H groups in total. The highest BCUT2D eigenvalue weighted by molar-refractivity contribution is 7.82. The summed E-state index contributed by atoms with van der Waals surface area (Å²) in [6.45, 7) is 9.04. The van der Waals surface area contributed by atoms with Crippen LogP contribution in [0, 0.1) is 5.92 Å². The molecule has 0 spiro atoms. The van der Waals surface area contributed by atoms with E-state index < -0.39 is 43.3 Å². The molecule has 0 aliphatic rings. The summed E-state index contributed by atoms with van der Waals surface area (Å²) in [4.78, 5) is 46.8. The summed E-state index contributed by atoms with van der Waals surface area (Å²) in [6.07, 6.45) is 36.2. The van der Waals surface area contributed by atoms with Crippen LogP contribution in [0.25, 0.3) is 0 Å². The topological polar surface area (TPSA) is 147 Å². The summed E-state index contributed by atoms with van der Waals surface area (Å²) >= 11 is 4.27. The summed E-state index contributed by atoms with van der Waals surface area (Å²) < 4.78 is 39.4. The second-order valence-electron chi connectivity index (χ2n) is 17.7. The molecule has 362 valence electrons. The van der Waals surface area contributed by atoms with Crippen LogP contribution in [0.1, 0.15) is 240 Å². The van der Waals surface area contributed by atoms with Crippen molar-refractivity contribution in [3.8, 4) is 0 Å². The summed E-state index contributed by atoms with van der Waals surface area (Å²) in [5.41, 5.74) is 0. The molecule has 0 aromatic heterocycles. The van der Waals surface area contributed by atoms with Gasteiger partial charge >= 0.3 is 19.8 Å². The highest BCUT2D eigenvalue weighted by Crippen LogP contribution is 2.43. The molecule has 11 nitrogen and oxygen atoms in total. The second-order valence-corrected chi connectivity index (χ2v) is 20.0. The fraction of sp³-hybridized carbons (Fsp3) is 0.938. The Morgan fingerprint density at radius 1 is 0.574 bits per heavy atom. The van der Waals surface area contributed by atoms with Crippen molar-refractivity contribution >= 4 is 38.3 Å². The Hall–Kier alpha value is -1.17. The Labute approximate surface area is 379 Å². The number of carbonyl (C=O) groups excluding carboxylic acids is 3. The third-order valence-electron chi connectivity index (χ3n) is 10.9. The fourth-order valence-electron chi connectivity index (χ4n) is 7.00.